The van der Waals surface area contributed by atoms with Crippen molar-refractivity contribution in [3.05, 3.63) is 45.1 Å². The van der Waals surface area contributed by atoms with Crippen molar-refractivity contribution in [2.24, 2.45) is 0 Å². The van der Waals surface area contributed by atoms with E-state index >= 15 is 0 Å². The van der Waals surface area contributed by atoms with Crippen molar-refractivity contribution in [3.8, 4) is 11.8 Å². The fourth-order valence-corrected chi connectivity index (χ4v) is 1.74. The second kappa shape index (κ2) is 5.02. The lowest BCUT2D eigenvalue weighted by Crippen LogP contribution is -1.92. The van der Waals surface area contributed by atoms with E-state index in [2.05, 4.69) is 25.9 Å². The van der Waals surface area contributed by atoms with Crippen molar-refractivity contribution in [1.29, 1.82) is 0 Å². The summed E-state index contributed by atoms with van der Waals surface area (Å²) in [5.74, 6) is 0.687. The van der Waals surface area contributed by atoms with E-state index in [-0.39, 0.29) is 0 Å². The van der Waals surface area contributed by atoms with Crippen LogP contribution in [0.25, 0.3) is 0 Å². The summed E-state index contributed by atoms with van der Waals surface area (Å²) in [6.45, 7) is 3.87. The molecule has 0 atom stereocenters. The molecule has 0 spiro atoms. The highest BCUT2D eigenvalue weighted by Crippen LogP contribution is 2.27. The maximum atomic E-state index is 6.08. The first-order chi connectivity index (χ1) is 8.06. The van der Waals surface area contributed by atoms with Crippen LogP contribution < -0.4 is 4.74 Å². The van der Waals surface area contributed by atoms with Crippen LogP contribution in [0, 0.1) is 13.8 Å². The Morgan fingerprint density at radius 3 is 2.18 bits per heavy atom. The number of aromatic nitrogens is 2. The van der Waals surface area contributed by atoms with Gasteiger partial charge >= 0.3 is 6.01 Å². The summed E-state index contributed by atoms with van der Waals surface area (Å²) in [6, 6.07) is 4.04. The summed E-state index contributed by atoms with van der Waals surface area (Å²) >= 11 is 9.35. The second-order valence-corrected chi connectivity index (χ2v) is 4.95. The third-order valence-corrected chi connectivity index (χ3v) is 3.22. The number of benzene rings is 1. The predicted molar refractivity (Wildman–Crippen MR) is 70.7 cm³/mol. The van der Waals surface area contributed by atoms with Crippen LogP contribution in [0.3, 0.4) is 0 Å². The van der Waals surface area contributed by atoms with Gasteiger partial charge in [-0.1, -0.05) is 11.6 Å². The van der Waals surface area contributed by atoms with E-state index in [0.29, 0.717) is 11.8 Å². The van der Waals surface area contributed by atoms with Gasteiger partial charge in [0.15, 0.2) is 0 Å². The number of hydrogen-bond acceptors (Lipinski definition) is 3. The Morgan fingerprint density at radius 2 is 1.65 bits per heavy atom. The lowest BCUT2D eigenvalue weighted by Gasteiger charge is -2.08. The molecule has 0 bridgehead atoms. The van der Waals surface area contributed by atoms with Crippen LogP contribution in [-0.4, -0.2) is 9.97 Å². The van der Waals surface area contributed by atoms with Crippen LogP contribution in [0.15, 0.2) is 29.0 Å². The zero-order valence-electron chi connectivity index (χ0n) is 9.37. The van der Waals surface area contributed by atoms with Crippen molar-refractivity contribution in [2.45, 2.75) is 13.8 Å². The minimum Gasteiger partial charge on any atom is -0.424 e. The van der Waals surface area contributed by atoms with Gasteiger partial charge in [-0.2, -0.15) is 0 Å². The van der Waals surface area contributed by atoms with Gasteiger partial charge in [-0.15, -0.1) is 0 Å². The number of ether oxygens (including phenoxy) is 1. The van der Waals surface area contributed by atoms with E-state index in [9.17, 15) is 0 Å². The molecule has 0 saturated carbocycles. The first-order valence-corrected chi connectivity index (χ1v) is 6.15. The van der Waals surface area contributed by atoms with Gasteiger partial charge in [0.1, 0.15) is 5.75 Å². The number of nitrogens with zero attached hydrogens (tertiary/aromatic N) is 2. The zero-order chi connectivity index (χ0) is 12.4. The molecule has 0 aliphatic rings. The third-order valence-electron chi connectivity index (χ3n) is 2.22. The summed E-state index contributed by atoms with van der Waals surface area (Å²) in [5, 5.41) is 0.758. The fraction of sp³-hybridized carbons (Fsp3) is 0.167. The highest BCUT2D eigenvalue weighted by molar-refractivity contribution is 9.10. The van der Waals surface area contributed by atoms with Crippen LogP contribution in [0.1, 0.15) is 11.1 Å². The molecule has 1 aromatic carbocycles. The highest BCUT2D eigenvalue weighted by atomic mass is 79.9. The quantitative estimate of drug-likeness (QED) is 0.829. The van der Waals surface area contributed by atoms with Crippen molar-refractivity contribution in [3.63, 3.8) is 0 Å². The van der Waals surface area contributed by atoms with Gasteiger partial charge < -0.3 is 4.74 Å². The average molecular weight is 314 g/mol. The van der Waals surface area contributed by atoms with Gasteiger partial charge in [-0.25, -0.2) is 9.97 Å². The second-order valence-electron chi connectivity index (χ2n) is 3.66. The maximum absolute atomic E-state index is 6.08. The Labute approximate surface area is 113 Å². The standard InChI is InChI=1S/C12H10BrClN2O/c1-7-3-10(4-8(2)11(7)14)17-12-15-5-9(13)6-16-12/h3-6H,1-2H3. The first kappa shape index (κ1) is 12.3. The van der Waals surface area contributed by atoms with E-state index in [1.165, 1.54) is 0 Å². The van der Waals surface area contributed by atoms with E-state index in [4.69, 9.17) is 16.3 Å². The number of aryl methyl sites for hydroxylation is 2. The van der Waals surface area contributed by atoms with Gasteiger partial charge in [0, 0.05) is 17.4 Å². The topological polar surface area (TPSA) is 35.0 Å². The predicted octanol–water partition coefficient (Wildman–Crippen LogP) is 4.30. The van der Waals surface area contributed by atoms with Gasteiger partial charge in [0.25, 0.3) is 0 Å². The van der Waals surface area contributed by atoms with Gasteiger partial charge in [-0.3, -0.25) is 0 Å². The first-order valence-electron chi connectivity index (χ1n) is 4.98. The third kappa shape index (κ3) is 2.96. The normalized spacial score (nSPS) is 10.4. The molecule has 2 rings (SSSR count). The van der Waals surface area contributed by atoms with E-state index in [0.717, 1.165) is 20.6 Å². The average Bonchev–Trinajstić information content (AvgIpc) is 2.29. The van der Waals surface area contributed by atoms with Crippen LogP contribution in [0.5, 0.6) is 11.8 Å². The lowest BCUT2D eigenvalue weighted by molar-refractivity contribution is 0.441. The summed E-state index contributed by atoms with van der Waals surface area (Å²) < 4.78 is 6.36. The Bertz CT molecular complexity index is 520. The van der Waals surface area contributed by atoms with E-state index in [1.54, 1.807) is 12.4 Å². The molecule has 2 aromatic rings. The van der Waals surface area contributed by atoms with Crippen LogP contribution >= 0.6 is 27.5 Å². The molecule has 0 saturated heterocycles. The molecular weight excluding hydrogens is 304 g/mol. The summed E-state index contributed by atoms with van der Waals surface area (Å²) in [6.07, 6.45) is 3.27. The SMILES string of the molecule is Cc1cc(Oc2ncc(Br)cn2)cc(C)c1Cl. The molecule has 88 valence electrons. The molecule has 0 aliphatic heterocycles. The van der Waals surface area contributed by atoms with Crippen molar-refractivity contribution in [2.75, 3.05) is 0 Å². The summed E-state index contributed by atoms with van der Waals surface area (Å²) in [5.41, 5.74) is 1.94. The minimum absolute atomic E-state index is 0.314. The maximum Gasteiger partial charge on any atom is 0.321 e. The molecule has 5 heteroatoms. The lowest BCUT2D eigenvalue weighted by atomic mass is 10.1. The van der Waals surface area contributed by atoms with Crippen molar-refractivity contribution in [1.82, 2.24) is 9.97 Å². The Balaban J connectivity index is 2.27. The monoisotopic (exact) mass is 312 g/mol. The molecule has 0 radical (unpaired) electrons. The molecule has 0 unspecified atom stereocenters. The van der Waals surface area contributed by atoms with Crippen molar-refractivity contribution < 1.29 is 4.74 Å². The molecule has 0 fully saturated rings. The minimum atomic E-state index is 0.314. The van der Waals surface area contributed by atoms with Crippen LogP contribution in [0.2, 0.25) is 5.02 Å². The largest absolute Gasteiger partial charge is 0.424 e. The van der Waals surface area contributed by atoms with Crippen LogP contribution in [0.4, 0.5) is 0 Å². The zero-order valence-corrected chi connectivity index (χ0v) is 11.7. The van der Waals surface area contributed by atoms with Crippen molar-refractivity contribution >= 4 is 27.5 Å². The summed E-state index contributed by atoms with van der Waals surface area (Å²) in [4.78, 5) is 8.08. The smallest absolute Gasteiger partial charge is 0.321 e. The molecule has 0 N–H and O–H groups in total. The summed E-state index contributed by atoms with van der Waals surface area (Å²) in [7, 11) is 0. The Kier molecular flexibility index (Phi) is 3.64. The Morgan fingerprint density at radius 1 is 1.12 bits per heavy atom. The molecule has 0 amide bonds. The number of halogens is 2. The molecule has 1 heterocycles. The van der Waals surface area contributed by atoms with E-state index < -0.39 is 0 Å². The van der Waals surface area contributed by atoms with Gasteiger partial charge in [0.05, 0.1) is 4.47 Å². The fourth-order valence-electron chi connectivity index (χ4n) is 1.42. The molecular formula is C12H10BrClN2O. The van der Waals surface area contributed by atoms with E-state index in [1.807, 2.05) is 26.0 Å². The molecule has 17 heavy (non-hydrogen) atoms. The number of rotatable bonds is 2. The number of hydrogen-bond donors (Lipinski definition) is 0. The highest BCUT2D eigenvalue weighted by Gasteiger charge is 2.05. The Hall–Kier alpha value is -1.13. The molecule has 0 aliphatic carbocycles. The van der Waals surface area contributed by atoms with Gasteiger partial charge in [-0.05, 0) is 53.0 Å². The molecule has 1 aromatic heterocycles. The van der Waals surface area contributed by atoms with Crippen LogP contribution in [-0.2, 0) is 0 Å². The van der Waals surface area contributed by atoms with Gasteiger partial charge in [0.2, 0.25) is 0 Å². The molecule has 3 nitrogen and oxygen atoms in total.